The zero-order valence-corrected chi connectivity index (χ0v) is 32.2. The summed E-state index contributed by atoms with van der Waals surface area (Å²) in [6.07, 6.45) is 22.1. The third-order valence-corrected chi connectivity index (χ3v) is 9.74. The molecule has 12 nitrogen and oxygen atoms in total. The van der Waals surface area contributed by atoms with E-state index in [2.05, 4.69) is 35.5 Å². The van der Waals surface area contributed by atoms with E-state index in [4.69, 9.17) is 14.0 Å². The van der Waals surface area contributed by atoms with Crippen LogP contribution in [0.5, 0.6) is 0 Å². The molecule has 0 aromatic heterocycles. The Labute approximate surface area is 308 Å². The lowest BCUT2D eigenvalue weighted by Gasteiger charge is -2.41. The number of aliphatic hydroxyl groups is 4. The molecule has 1 rings (SSSR count). The fourth-order valence-electron chi connectivity index (χ4n) is 6.15. The van der Waals surface area contributed by atoms with E-state index in [1.165, 1.54) is 83.5 Å². The molecule has 7 atom stereocenters. The van der Waals surface area contributed by atoms with Gasteiger partial charge in [0.2, 0.25) is 5.91 Å². The molecule has 1 aliphatic heterocycles. The lowest BCUT2D eigenvalue weighted by atomic mass is 9.99. The van der Waals surface area contributed by atoms with E-state index < -0.39 is 59.9 Å². The minimum absolute atomic E-state index is 0.186. The van der Waals surface area contributed by atoms with Gasteiger partial charge in [0.15, 0.2) is 6.29 Å². The van der Waals surface area contributed by atoms with Crippen molar-refractivity contribution >= 4 is 16.3 Å². The second kappa shape index (κ2) is 30.0. The lowest BCUT2D eigenvalue weighted by molar-refractivity contribution is -0.298. The first kappa shape index (κ1) is 47.6. The van der Waals surface area contributed by atoms with Crippen molar-refractivity contribution < 1.29 is 51.8 Å². The van der Waals surface area contributed by atoms with Crippen LogP contribution in [0.4, 0.5) is 0 Å². The molecular formula is C38H71NO11S. The average Bonchev–Trinajstić information content (AvgIpc) is 3.09. The Morgan fingerprint density at radius 1 is 0.784 bits per heavy atom. The van der Waals surface area contributed by atoms with Crippen LogP contribution in [0, 0.1) is 0 Å². The highest BCUT2D eigenvalue weighted by molar-refractivity contribution is 7.80. The van der Waals surface area contributed by atoms with E-state index >= 15 is 0 Å². The van der Waals surface area contributed by atoms with Gasteiger partial charge in [0.25, 0.3) is 0 Å². The fourth-order valence-corrected chi connectivity index (χ4v) is 6.66. The van der Waals surface area contributed by atoms with Crippen LogP contribution < -0.4 is 5.32 Å². The Kier molecular flexibility index (Phi) is 28.0. The molecule has 6 N–H and O–H groups in total. The van der Waals surface area contributed by atoms with Crippen LogP contribution in [0.3, 0.4) is 0 Å². The predicted molar refractivity (Wildman–Crippen MR) is 199 cm³/mol. The molecule has 300 valence electrons. The van der Waals surface area contributed by atoms with Gasteiger partial charge < -0.3 is 35.2 Å². The van der Waals surface area contributed by atoms with Gasteiger partial charge in [0.05, 0.1) is 25.4 Å². The van der Waals surface area contributed by atoms with E-state index in [1.54, 1.807) is 0 Å². The first-order chi connectivity index (χ1) is 24.5. The first-order valence-electron chi connectivity index (χ1n) is 19.7. The minimum Gasteiger partial charge on any atom is -0.394 e. The standard InChI is InChI=1S/C38H71NO11S/c1-3-5-7-9-11-13-15-16-18-20-22-24-26-28-34(42)39-31(32(41)27-25-23-21-19-17-14-12-10-8-6-4-2)30-48-38-36(44)37(50-51(45,46)47)35(43)33(29-40)49-38/h16,18,22,24,31-33,35-38,40-41,43-44H,3-15,17,19-21,23,25-30H2,1-2H3,(H,39,42)(H,45,46,47)/b18-16-,24-22-. The van der Waals surface area contributed by atoms with Gasteiger partial charge in [-0.1, -0.05) is 141 Å². The molecule has 0 spiro atoms. The maximum Gasteiger partial charge on any atom is 0.397 e. The van der Waals surface area contributed by atoms with Gasteiger partial charge in [-0.2, -0.15) is 8.42 Å². The maximum absolute atomic E-state index is 12.9. The minimum atomic E-state index is -5.07. The summed E-state index contributed by atoms with van der Waals surface area (Å²) in [4.78, 5) is 12.9. The third kappa shape index (κ3) is 23.8. The molecule has 0 saturated carbocycles. The molecule has 0 aromatic carbocycles. The summed E-state index contributed by atoms with van der Waals surface area (Å²) in [7, 11) is -5.07. The van der Waals surface area contributed by atoms with Crippen molar-refractivity contribution in [1.29, 1.82) is 0 Å². The van der Waals surface area contributed by atoms with Gasteiger partial charge in [0, 0.05) is 6.42 Å². The van der Waals surface area contributed by atoms with E-state index in [0.29, 0.717) is 12.8 Å². The topological polar surface area (TPSA) is 192 Å². The number of allylic oxidation sites excluding steroid dienone is 4. The van der Waals surface area contributed by atoms with E-state index in [0.717, 1.165) is 38.5 Å². The highest BCUT2D eigenvalue weighted by Gasteiger charge is 2.48. The summed E-state index contributed by atoms with van der Waals surface area (Å²) in [5.41, 5.74) is 0. The van der Waals surface area contributed by atoms with Gasteiger partial charge >= 0.3 is 10.4 Å². The number of carbonyl (C=O) groups is 1. The number of amides is 1. The molecule has 1 aliphatic rings. The van der Waals surface area contributed by atoms with Crippen LogP contribution in [0.25, 0.3) is 0 Å². The van der Waals surface area contributed by atoms with Crippen LogP contribution in [-0.2, 0) is 28.9 Å². The normalized spacial score (nSPS) is 22.5. The van der Waals surface area contributed by atoms with Gasteiger partial charge in [-0.3, -0.25) is 9.35 Å². The Morgan fingerprint density at radius 2 is 1.31 bits per heavy atom. The third-order valence-electron chi connectivity index (χ3n) is 9.28. The maximum atomic E-state index is 12.9. The molecule has 13 heteroatoms. The number of aliphatic hydroxyl groups excluding tert-OH is 4. The highest BCUT2D eigenvalue weighted by Crippen LogP contribution is 2.26. The SMILES string of the molecule is CCCCCCCC/C=C\C/C=C\CCC(=O)NC(COC1OC(CO)C(O)C(OS(=O)(=O)O)C1O)C(O)CCCCCCCCCCCCC. The summed E-state index contributed by atoms with van der Waals surface area (Å²) in [6, 6.07) is -0.884. The van der Waals surface area contributed by atoms with Gasteiger partial charge in [-0.05, 0) is 32.1 Å². The van der Waals surface area contributed by atoms with Crippen molar-refractivity contribution in [2.24, 2.45) is 0 Å². The molecule has 1 fully saturated rings. The number of carbonyl (C=O) groups excluding carboxylic acids is 1. The Bertz CT molecular complexity index is 1030. The summed E-state index contributed by atoms with van der Waals surface area (Å²) in [5, 5.41) is 44.5. The molecule has 7 unspecified atom stereocenters. The summed E-state index contributed by atoms with van der Waals surface area (Å²) in [6.45, 7) is 3.35. The Balaban J connectivity index is 2.65. The van der Waals surface area contributed by atoms with Crippen LogP contribution in [0.1, 0.15) is 155 Å². The van der Waals surface area contributed by atoms with Crippen LogP contribution >= 0.6 is 0 Å². The quantitative estimate of drug-likeness (QED) is 0.0260. The molecule has 1 saturated heterocycles. The smallest absolute Gasteiger partial charge is 0.394 e. The molecule has 0 aromatic rings. The second-order valence-corrected chi connectivity index (χ2v) is 14.9. The van der Waals surface area contributed by atoms with Crippen molar-refractivity contribution in [2.75, 3.05) is 13.2 Å². The second-order valence-electron chi connectivity index (χ2n) is 13.9. The number of unbranched alkanes of at least 4 members (excludes halogenated alkanes) is 16. The predicted octanol–water partition coefficient (Wildman–Crippen LogP) is 6.21. The van der Waals surface area contributed by atoms with E-state index in [1.807, 2.05) is 12.2 Å². The van der Waals surface area contributed by atoms with Crippen molar-refractivity contribution in [3.63, 3.8) is 0 Å². The number of rotatable bonds is 32. The Hall–Kier alpha value is -1.42. The monoisotopic (exact) mass is 749 g/mol. The highest BCUT2D eigenvalue weighted by atomic mass is 32.3. The number of nitrogens with one attached hydrogen (secondary N) is 1. The zero-order chi connectivity index (χ0) is 37.7. The largest absolute Gasteiger partial charge is 0.397 e. The molecule has 51 heavy (non-hydrogen) atoms. The summed E-state index contributed by atoms with van der Waals surface area (Å²) in [5.74, 6) is -0.300. The average molecular weight is 750 g/mol. The lowest BCUT2D eigenvalue weighted by Crippen LogP contribution is -2.61. The molecule has 1 amide bonds. The number of hydrogen-bond donors (Lipinski definition) is 6. The van der Waals surface area contributed by atoms with Crippen LogP contribution in [0.15, 0.2) is 24.3 Å². The fraction of sp³-hybridized carbons (Fsp3) is 0.868. The van der Waals surface area contributed by atoms with E-state index in [-0.39, 0.29) is 18.9 Å². The molecule has 0 radical (unpaired) electrons. The van der Waals surface area contributed by atoms with Crippen molar-refractivity contribution in [3.05, 3.63) is 24.3 Å². The molecule has 0 bridgehead atoms. The van der Waals surface area contributed by atoms with E-state index in [9.17, 15) is 33.6 Å². The van der Waals surface area contributed by atoms with Crippen LogP contribution in [-0.4, -0.2) is 95.4 Å². The summed E-state index contributed by atoms with van der Waals surface area (Å²) < 4.78 is 47.4. The van der Waals surface area contributed by atoms with Crippen LogP contribution in [0.2, 0.25) is 0 Å². The van der Waals surface area contributed by atoms with Gasteiger partial charge in [-0.25, -0.2) is 4.18 Å². The van der Waals surface area contributed by atoms with Crippen molar-refractivity contribution in [2.45, 2.75) is 198 Å². The number of hydrogen-bond acceptors (Lipinski definition) is 10. The molecule has 0 aliphatic carbocycles. The van der Waals surface area contributed by atoms with Crippen molar-refractivity contribution in [1.82, 2.24) is 5.32 Å². The van der Waals surface area contributed by atoms with Gasteiger partial charge in [-0.15, -0.1) is 0 Å². The first-order valence-corrected chi connectivity index (χ1v) is 21.1. The molecular weight excluding hydrogens is 678 g/mol. The summed E-state index contributed by atoms with van der Waals surface area (Å²) >= 11 is 0. The van der Waals surface area contributed by atoms with Gasteiger partial charge in [0.1, 0.15) is 24.4 Å². The molecule has 1 heterocycles. The zero-order valence-electron chi connectivity index (χ0n) is 31.4. The number of ether oxygens (including phenoxy) is 2. The Morgan fingerprint density at radius 3 is 1.86 bits per heavy atom. The van der Waals surface area contributed by atoms with Crippen molar-refractivity contribution in [3.8, 4) is 0 Å².